The van der Waals surface area contributed by atoms with Crippen molar-refractivity contribution in [2.24, 2.45) is 5.92 Å². The zero-order chi connectivity index (χ0) is 5.11. The molecule has 0 fully saturated rings. The lowest BCUT2D eigenvalue weighted by atomic mass is 10.2. The van der Waals surface area contributed by atoms with Crippen molar-refractivity contribution in [3.8, 4) is 0 Å². The summed E-state index contributed by atoms with van der Waals surface area (Å²) >= 11 is 0. The van der Waals surface area contributed by atoms with Gasteiger partial charge in [-0.3, -0.25) is 0 Å². The molecule has 2 heteroatoms. The van der Waals surface area contributed by atoms with Crippen LogP contribution >= 0.6 is 0 Å². The Bertz CT molecular complexity index is 78.1. The standard InChI is InChI=1S/C5H8O2/c6-3-5-1-2-7-4-5/h1-2,5-6H,3-4H2. The van der Waals surface area contributed by atoms with Crippen LogP contribution in [0.5, 0.6) is 0 Å². The first-order valence-corrected chi connectivity index (χ1v) is 2.32. The molecule has 1 atom stereocenters. The van der Waals surface area contributed by atoms with E-state index in [-0.39, 0.29) is 12.5 Å². The molecule has 0 aromatic carbocycles. The number of hydrogen-bond acceptors (Lipinski definition) is 2. The van der Waals surface area contributed by atoms with Crippen molar-refractivity contribution in [3.63, 3.8) is 0 Å². The average Bonchev–Trinajstić information content (AvgIpc) is 2.14. The summed E-state index contributed by atoms with van der Waals surface area (Å²) in [5.74, 6) is 0.250. The first kappa shape index (κ1) is 4.65. The average molecular weight is 100 g/mol. The predicted molar refractivity (Wildman–Crippen MR) is 25.7 cm³/mol. The van der Waals surface area contributed by atoms with Crippen molar-refractivity contribution < 1.29 is 9.84 Å². The van der Waals surface area contributed by atoms with Crippen LogP contribution in [-0.4, -0.2) is 18.3 Å². The molecule has 0 amide bonds. The number of aliphatic hydroxyl groups is 1. The SMILES string of the molecule is OCC1C=COC1. The molecular formula is C5H8O2. The minimum absolute atomic E-state index is 0.205. The molecule has 1 unspecified atom stereocenters. The molecule has 1 rings (SSSR count). The van der Waals surface area contributed by atoms with E-state index in [1.165, 1.54) is 0 Å². The normalized spacial score (nSPS) is 27.9. The van der Waals surface area contributed by atoms with Gasteiger partial charge < -0.3 is 9.84 Å². The number of ether oxygens (including phenoxy) is 1. The third kappa shape index (κ3) is 0.933. The van der Waals surface area contributed by atoms with Gasteiger partial charge in [0.1, 0.15) is 0 Å². The Labute approximate surface area is 42.4 Å². The first-order chi connectivity index (χ1) is 3.43. The molecule has 1 N–H and O–H groups in total. The molecule has 1 aliphatic heterocycles. The number of aliphatic hydroxyl groups excluding tert-OH is 1. The maximum Gasteiger partial charge on any atom is 0.0959 e. The number of rotatable bonds is 1. The lowest BCUT2D eigenvalue weighted by Gasteiger charge is -1.96. The summed E-state index contributed by atoms with van der Waals surface area (Å²) < 4.78 is 4.81. The zero-order valence-corrected chi connectivity index (χ0v) is 4.00. The van der Waals surface area contributed by atoms with Crippen LogP contribution in [0.3, 0.4) is 0 Å². The summed E-state index contributed by atoms with van der Waals surface area (Å²) in [6, 6.07) is 0. The van der Waals surface area contributed by atoms with Crippen LogP contribution in [0.15, 0.2) is 12.3 Å². The third-order valence-corrected chi connectivity index (χ3v) is 0.992. The first-order valence-electron chi connectivity index (χ1n) is 2.32. The second-order valence-electron chi connectivity index (χ2n) is 1.60. The van der Waals surface area contributed by atoms with Crippen LogP contribution < -0.4 is 0 Å². The molecule has 0 saturated heterocycles. The van der Waals surface area contributed by atoms with Gasteiger partial charge >= 0.3 is 0 Å². The molecule has 7 heavy (non-hydrogen) atoms. The lowest BCUT2D eigenvalue weighted by Crippen LogP contribution is -2.03. The molecule has 0 aromatic rings. The Morgan fingerprint density at radius 1 is 1.86 bits per heavy atom. The van der Waals surface area contributed by atoms with Crippen LogP contribution in [-0.2, 0) is 4.74 Å². The zero-order valence-electron chi connectivity index (χ0n) is 4.00. The number of hydrogen-bond donors (Lipinski definition) is 1. The molecule has 0 radical (unpaired) electrons. The van der Waals surface area contributed by atoms with Gasteiger partial charge in [-0.05, 0) is 6.08 Å². The largest absolute Gasteiger partial charge is 0.501 e. The monoisotopic (exact) mass is 100 g/mol. The molecule has 1 aliphatic rings. The Morgan fingerprint density at radius 2 is 2.71 bits per heavy atom. The molecule has 0 aromatic heterocycles. The molecule has 2 nitrogen and oxygen atoms in total. The molecule has 0 aliphatic carbocycles. The van der Waals surface area contributed by atoms with Crippen LogP contribution in [0.1, 0.15) is 0 Å². The van der Waals surface area contributed by atoms with E-state index in [9.17, 15) is 0 Å². The van der Waals surface area contributed by atoms with Gasteiger partial charge in [-0.25, -0.2) is 0 Å². The maximum absolute atomic E-state index is 8.43. The van der Waals surface area contributed by atoms with Crippen molar-refractivity contribution >= 4 is 0 Å². The fourth-order valence-corrected chi connectivity index (χ4v) is 0.515. The van der Waals surface area contributed by atoms with Crippen molar-refractivity contribution in [1.29, 1.82) is 0 Å². The minimum atomic E-state index is 0.205. The third-order valence-electron chi connectivity index (χ3n) is 0.992. The van der Waals surface area contributed by atoms with Crippen molar-refractivity contribution in [1.82, 2.24) is 0 Å². The highest BCUT2D eigenvalue weighted by Gasteiger charge is 2.06. The fraction of sp³-hybridized carbons (Fsp3) is 0.600. The Morgan fingerprint density at radius 3 is 3.00 bits per heavy atom. The Kier molecular flexibility index (Phi) is 1.32. The van der Waals surface area contributed by atoms with Crippen molar-refractivity contribution in [2.75, 3.05) is 13.2 Å². The Balaban J connectivity index is 2.28. The summed E-state index contributed by atoms with van der Waals surface area (Å²) in [6.07, 6.45) is 3.49. The molecular weight excluding hydrogens is 92.1 g/mol. The van der Waals surface area contributed by atoms with Crippen LogP contribution in [0.2, 0.25) is 0 Å². The highest BCUT2D eigenvalue weighted by atomic mass is 16.5. The fourth-order valence-electron chi connectivity index (χ4n) is 0.515. The van der Waals surface area contributed by atoms with E-state index in [4.69, 9.17) is 9.84 Å². The van der Waals surface area contributed by atoms with Gasteiger partial charge in [0.05, 0.1) is 19.5 Å². The van der Waals surface area contributed by atoms with Gasteiger partial charge in [0.25, 0.3) is 0 Å². The highest BCUT2D eigenvalue weighted by molar-refractivity contribution is 4.88. The van der Waals surface area contributed by atoms with Gasteiger partial charge in [0.15, 0.2) is 0 Å². The van der Waals surface area contributed by atoms with Crippen molar-refractivity contribution in [2.45, 2.75) is 0 Å². The smallest absolute Gasteiger partial charge is 0.0959 e. The van der Waals surface area contributed by atoms with E-state index in [2.05, 4.69) is 0 Å². The van der Waals surface area contributed by atoms with E-state index in [1.54, 1.807) is 6.26 Å². The molecule has 0 spiro atoms. The summed E-state index contributed by atoms with van der Waals surface area (Å²) in [4.78, 5) is 0. The Hall–Kier alpha value is -0.500. The van der Waals surface area contributed by atoms with Gasteiger partial charge in [0.2, 0.25) is 0 Å². The molecule has 0 saturated carbocycles. The second-order valence-corrected chi connectivity index (χ2v) is 1.60. The molecule has 0 bridgehead atoms. The van der Waals surface area contributed by atoms with E-state index < -0.39 is 0 Å². The van der Waals surface area contributed by atoms with Gasteiger partial charge in [-0.1, -0.05) is 0 Å². The highest BCUT2D eigenvalue weighted by Crippen LogP contribution is 2.05. The molecule has 40 valence electrons. The van der Waals surface area contributed by atoms with Crippen LogP contribution in [0.25, 0.3) is 0 Å². The second kappa shape index (κ2) is 1.98. The van der Waals surface area contributed by atoms with Crippen LogP contribution in [0.4, 0.5) is 0 Å². The topological polar surface area (TPSA) is 29.5 Å². The van der Waals surface area contributed by atoms with Gasteiger partial charge in [-0.2, -0.15) is 0 Å². The van der Waals surface area contributed by atoms with Crippen LogP contribution in [0, 0.1) is 5.92 Å². The summed E-state index contributed by atoms with van der Waals surface area (Å²) in [5.41, 5.74) is 0. The van der Waals surface area contributed by atoms with E-state index in [0.717, 1.165) is 0 Å². The minimum Gasteiger partial charge on any atom is -0.501 e. The lowest BCUT2D eigenvalue weighted by molar-refractivity contribution is 0.188. The van der Waals surface area contributed by atoms with E-state index in [1.807, 2.05) is 6.08 Å². The van der Waals surface area contributed by atoms with Crippen molar-refractivity contribution in [3.05, 3.63) is 12.3 Å². The maximum atomic E-state index is 8.43. The van der Waals surface area contributed by atoms with Gasteiger partial charge in [-0.15, -0.1) is 0 Å². The van der Waals surface area contributed by atoms with Gasteiger partial charge in [0, 0.05) is 5.92 Å². The summed E-state index contributed by atoms with van der Waals surface area (Å²) in [7, 11) is 0. The van der Waals surface area contributed by atoms with E-state index in [0.29, 0.717) is 6.61 Å². The summed E-state index contributed by atoms with van der Waals surface area (Å²) in [5, 5.41) is 8.43. The quantitative estimate of drug-likeness (QED) is 0.508. The molecule has 1 heterocycles. The predicted octanol–water partition coefficient (Wildman–Crippen LogP) is 0.139. The summed E-state index contributed by atoms with van der Waals surface area (Å²) in [6.45, 7) is 0.854. The van der Waals surface area contributed by atoms with E-state index >= 15 is 0 Å².